The van der Waals surface area contributed by atoms with E-state index in [1.54, 1.807) is 0 Å². The average Bonchev–Trinajstić information content (AvgIpc) is 0.774. The summed E-state index contributed by atoms with van der Waals surface area (Å²) in [5.41, 5.74) is 45.2. The van der Waals surface area contributed by atoms with E-state index in [2.05, 4.69) is 510 Å². The second-order valence-electron chi connectivity index (χ2n) is 39.0. The fourth-order valence-electron chi connectivity index (χ4n) is 16.8. The molecule has 14 aromatic rings. The van der Waals surface area contributed by atoms with Gasteiger partial charge in [-0.15, -0.1) is 0 Å². The van der Waals surface area contributed by atoms with E-state index in [1.165, 1.54) is 163 Å². The van der Waals surface area contributed by atoms with Gasteiger partial charge in [-0.25, -0.2) is 0 Å². The maximum absolute atomic E-state index is 2.42. The molecule has 0 aliphatic heterocycles. The van der Waals surface area contributed by atoms with Gasteiger partial charge in [0.15, 0.2) is 0 Å². The Morgan fingerprint density at radius 2 is 0.333 bits per heavy atom. The Balaban J connectivity index is 0.000000178. The number of aryl methyl sites for hydroxylation is 14. The number of hydrogen-bond acceptors (Lipinski definition) is 5. The first-order valence-corrected chi connectivity index (χ1v) is 44.4. The van der Waals surface area contributed by atoms with Crippen molar-refractivity contribution in [3.8, 4) is 11.1 Å². The summed E-state index contributed by atoms with van der Waals surface area (Å²) in [6, 6.07) is 108. The summed E-state index contributed by atoms with van der Waals surface area (Å²) in [4.78, 5) is 12.0. The van der Waals surface area contributed by atoms with Crippen LogP contribution < -0.4 is 24.5 Å². The summed E-state index contributed by atoms with van der Waals surface area (Å²) in [6.07, 6.45) is 1.17. The van der Waals surface area contributed by atoms with Gasteiger partial charge in [0.2, 0.25) is 0 Å². The Morgan fingerprint density at radius 3 is 0.488 bits per heavy atom. The van der Waals surface area contributed by atoms with E-state index in [1.807, 2.05) is 0 Å². The fraction of sp³-hybridized carbons (Fsp3) is 0.288. The van der Waals surface area contributed by atoms with Crippen LogP contribution in [0.3, 0.4) is 0 Å². The zero-order chi connectivity index (χ0) is 88.9. The van der Waals surface area contributed by atoms with Gasteiger partial charge in [-0.3, -0.25) is 0 Å². The molecule has 0 aliphatic rings. The maximum Gasteiger partial charge on any atom is 0.0520 e. The van der Waals surface area contributed by atoms with Crippen LogP contribution in [-0.4, -0.2) is 0 Å². The van der Waals surface area contributed by atoms with Crippen molar-refractivity contribution in [3.05, 3.63) is 397 Å². The summed E-state index contributed by atoms with van der Waals surface area (Å²) >= 11 is 0. The summed E-state index contributed by atoms with van der Waals surface area (Å²) in [6.45, 7) is 62.8. The molecule has 1 atom stereocenters. The third kappa shape index (κ3) is 21.2. The van der Waals surface area contributed by atoms with E-state index in [0.29, 0.717) is 5.92 Å². The van der Waals surface area contributed by atoms with Crippen LogP contribution >= 0.6 is 0 Å². The normalized spacial score (nSPS) is 11.9. The van der Waals surface area contributed by atoms with Crippen LogP contribution in [0.1, 0.15) is 215 Å². The average molecular weight is 1620 g/mol. The molecule has 1 unspecified atom stereocenters. The van der Waals surface area contributed by atoms with Crippen molar-refractivity contribution in [2.45, 2.75) is 228 Å². The summed E-state index contributed by atoms with van der Waals surface area (Å²) < 4.78 is 0. The lowest BCUT2D eigenvalue weighted by Crippen LogP contribution is -2.17. The van der Waals surface area contributed by atoms with Gasteiger partial charge in [0.25, 0.3) is 0 Å². The van der Waals surface area contributed by atoms with Crippen LogP contribution in [0.5, 0.6) is 0 Å². The van der Waals surface area contributed by atoms with Gasteiger partial charge in [-0.1, -0.05) is 288 Å². The molecular weight excluding hydrogens is 1490 g/mol. The summed E-state index contributed by atoms with van der Waals surface area (Å²) in [5, 5.41) is 0. The monoisotopic (exact) mass is 1620 g/mol. The van der Waals surface area contributed by atoms with E-state index >= 15 is 0 Å². The first kappa shape index (κ1) is 90.3. The standard InChI is InChI=1S/C50H56N2.C44H52N2.C24H27N/c1-33-13-21-43(22-14-33)51(47-35(3)29-41(30-36(47)4)49(7,8)9)45-25-17-39(18-26-45)40-19-27-46(28-20-40)52(44-23-15-34(2)16-24-44)48-37(5)31-42(32-38(48)6)50(10,11)12;1-29-13-17-37(18-14-29)45(41-31(3)25-35(26-32(41)4)43(7,8)9)39-21-23-40(24-22-39)46(38-19-15-30(2)16-20-38)42-33(5)27-36(28-34(42)6)44(10,11)12;1-5-20(4)21-10-16-24(17-11-21)25(22-12-6-18(2)7-13-22)23-14-8-19(3)9-15-23/h13-32H,1-12H3;13-28H,1-12H3;6-17,20H,5H2,1-4H3. The number of rotatable bonds is 18. The first-order valence-electron chi connectivity index (χ1n) is 44.4. The highest BCUT2D eigenvalue weighted by Crippen LogP contribution is 2.49. The zero-order valence-corrected chi connectivity index (χ0v) is 79.2. The number of nitrogens with zero attached hydrogens (tertiary/aromatic N) is 5. The molecule has 14 rings (SSSR count). The molecule has 0 radical (unpaired) electrons. The van der Waals surface area contributed by atoms with Crippen molar-refractivity contribution < 1.29 is 0 Å². The van der Waals surface area contributed by atoms with Crippen molar-refractivity contribution in [1.29, 1.82) is 0 Å². The molecule has 0 aromatic heterocycles. The predicted molar refractivity (Wildman–Crippen MR) is 538 cm³/mol. The van der Waals surface area contributed by atoms with Crippen LogP contribution in [0.2, 0.25) is 0 Å². The Kier molecular flexibility index (Phi) is 27.5. The van der Waals surface area contributed by atoms with E-state index in [9.17, 15) is 0 Å². The molecule has 5 heteroatoms. The third-order valence-electron chi connectivity index (χ3n) is 24.4. The van der Waals surface area contributed by atoms with Crippen LogP contribution in [0.4, 0.5) is 85.3 Å². The molecule has 0 aliphatic carbocycles. The number of benzene rings is 14. The maximum atomic E-state index is 2.42. The number of hydrogen-bond donors (Lipinski definition) is 0. The predicted octanol–water partition coefficient (Wildman–Crippen LogP) is 35.1. The van der Waals surface area contributed by atoms with Crippen LogP contribution in [0.25, 0.3) is 11.1 Å². The van der Waals surface area contributed by atoms with Crippen molar-refractivity contribution in [3.63, 3.8) is 0 Å². The van der Waals surface area contributed by atoms with Crippen LogP contribution in [0.15, 0.2) is 291 Å². The minimum atomic E-state index is 0.0885. The van der Waals surface area contributed by atoms with Gasteiger partial charge in [-0.2, -0.15) is 0 Å². The second kappa shape index (κ2) is 37.4. The lowest BCUT2D eigenvalue weighted by Gasteiger charge is -2.32. The van der Waals surface area contributed by atoms with Gasteiger partial charge in [0, 0.05) is 62.6 Å². The largest absolute Gasteiger partial charge is 0.311 e. The van der Waals surface area contributed by atoms with Crippen molar-refractivity contribution in [2.24, 2.45) is 0 Å². The van der Waals surface area contributed by atoms with E-state index < -0.39 is 0 Å². The molecule has 0 spiro atoms. The van der Waals surface area contributed by atoms with Crippen molar-refractivity contribution in [2.75, 3.05) is 24.5 Å². The fourth-order valence-corrected chi connectivity index (χ4v) is 16.8. The summed E-state index contributed by atoms with van der Waals surface area (Å²) in [5.74, 6) is 0.598. The quantitative estimate of drug-likeness (QED) is 0.0848. The van der Waals surface area contributed by atoms with Gasteiger partial charge in [-0.05, 0) is 348 Å². The lowest BCUT2D eigenvalue weighted by atomic mass is 9.84. The Hall–Kier alpha value is -11.9. The van der Waals surface area contributed by atoms with E-state index in [4.69, 9.17) is 0 Å². The molecule has 0 saturated heterocycles. The molecular formula is C118H135N5. The van der Waals surface area contributed by atoms with Gasteiger partial charge in [0.05, 0.1) is 22.7 Å². The van der Waals surface area contributed by atoms with Gasteiger partial charge < -0.3 is 24.5 Å². The summed E-state index contributed by atoms with van der Waals surface area (Å²) in [7, 11) is 0. The molecule has 0 bridgehead atoms. The van der Waals surface area contributed by atoms with Crippen LogP contribution in [-0.2, 0) is 21.7 Å². The topological polar surface area (TPSA) is 16.2 Å². The SMILES string of the molecule is CCC(C)c1ccc(N(c2ccc(C)cc2)c2ccc(C)cc2)cc1.Cc1ccc(N(c2ccc(-c3ccc(N(c4ccc(C)cc4)c4c(C)cc(C(C)(C)C)cc4C)cc3)cc2)c2c(C)cc(C(C)(C)C)cc2C)cc1.Cc1ccc(N(c2ccc(N(c3ccc(C)cc3)c3c(C)cc(C(C)(C)C)cc3C)cc2)c2c(C)cc(C(C)(C)C)cc2C)cc1. The minimum absolute atomic E-state index is 0.0885. The van der Waals surface area contributed by atoms with E-state index in [0.717, 1.165) is 45.5 Å². The Bertz CT molecular complexity index is 5490. The molecule has 0 saturated carbocycles. The van der Waals surface area contributed by atoms with Gasteiger partial charge >= 0.3 is 0 Å². The highest BCUT2D eigenvalue weighted by atomic mass is 15.2. The van der Waals surface area contributed by atoms with Gasteiger partial charge in [0.1, 0.15) is 0 Å². The van der Waals surface area contributed by atoms with E-state index in [-0.39, 0.29) is 21.7 Å². The smallest absolute Gasteiger partial charge is 0.0520 e. The molecule has 632 valence electrons. The highest BCUT2D eigenvalue weighted by molar-refractivity contribution is 5.88. The minimum Gasteiger partial charge on any atom is -0.311 e. The molecule has 0 fully saturated rings. The molecule has 0 heterocycles. The second-order valence-corrected chi connectivity index (χ2v) is 39.0. The molecule has 5 nitrogen and oxygen atoms in total. The first-order chi connectivity index (χ1) is 58.1. The highest BCUT2D eigenvalue weighted by Gasteiger charge is 2.28. The molecule has 14 aromatic carbocycles. The lowest BCUT2D eigenvalue weighted by molar-refractivity contribution is 0.589. The van der Waals surface area contributed by atoms with Crippen molar-refractivity contribution in [1.82, 2.24) is 0 Å². The zero-order valence-electron chi connectivity index (χ0n) is 79.2. The molecule has 123 heavy (non-hydrogen) atoms. The Labute approximate surface area is 740 Å². The number of anilines is 15. The van der Waals surface area contributed by atoms with Crippen molar-refractivity contribution >= 4 is 85.3 Å². The molecule has 0 amide bonds. The Morgan fingerprint density at radius 1 is 0.195 bits per heavy atom. The van der Waals surface area contributed by atoms with Crippen LogP contribution in [0, 0.1) is 96.9 Å². The molecule has 0 N–H and O–H groups in total. The third-order valence-corrected chi connectivity index (χ3v) is 24.4.